The molecule has 2 aromatic heterocycles. The molecule has 1 saturated carbocycles. The van der Waals surface area contributed by atoms with Gasteiger partial charge >= 0.3 is 0 Å². The number of thioether (sulfide) groups is 1. The van der Waals surface area contributed by atoms with Gasteiger partial charge < -0.3 is 11.1 Å². The van der Waals surface area contributed by atoms with Crippen LogP contribution in [0.2, 0.25) is 0 Å². The van der Waals surface area contributed by atoms with Gasteiger partial charge in [0, 0.05) is 35.5 Å². The van der Waals surface area contributed by atoms with E-state index in [0.717, 1.165) is 31.4 Å². The minimum atomic E-state index is -0.0742. The molecule has 0 aliphatic heterocycles. The van der Waals surface area contributed by atoms with E-state index < -0.39 is 0 Å². The second kappa shape index (κ2) is 8.84. The lowest BCUT2D eigenvalue weighted by atomic mass is 9.92. The van der Waals surface area contributed by atoms with Gasteiger partial charge in [0.05, 0.1) is 11.4 Å². The van der Waals surface area contributed by atoms with Crippen LogP contribution >= 0.6 is 35.5 Å². The average molecular weight is 389 g/mol. The van der Waals surface area contributed by atoms with Gasteiger partial charge in [-0.3, -0.25) is 14.0 Å². The van der Waals surface area contributed by atoms with Crippen LogP contribution in [0.5, 0.6) is 0 Å². The number of fused-ring (bicyclic) bond motifs is 1. The summed E-state index contributed by atoms with van der Waals surface area (Å²) >= 11 is 2.91. The van der Waals surface area contributed by atoms with E-state index in [1.54, 1.807) is 6.20 Å². The molecule has 1 aliphatic rings. The van der Waals surface area contributed by atoms with E-state index in [0.29, 0.717) is 16.5 Å². The van der Waals surface area contributed by atoms with E-state index >= 15 is 0 Å². The Bertz CT molecular complexity index is 740. The van der Waals surface area contributed by atoms with Crippen LogP contribution in [0.25, 0.3) is 4.96 Å². The molecular formula is C15H21ClN4O2S2. The molecule has 1 aliphatic carbocycles. The van der Waals surface area contributed by atoms with Crippen LogP contribution in [-0.4, -0.2) is 33.1 Å². The van der Waals surface area contributed by atoms with E-state index in [2.05, 4.69) is 10.3 Å². The summed E-state index contributed by atoms with van der Waals surface area (Å²) in [6.45, 7) is 0. The van der Waals surface area contributed by atoms with Crippen LogP contribution in [-0.2, 0) is 10.5 Å². The smallest absolute Gasteiger partial charge is 0.258 e. The fourth-order valence-corrected chi connectivity index (χ4v) is 4.21. The molecule has 1 fully saturated rings. The summed E-state index contributed by atoms with van der Waals surface area (Å²) in [4.78, 5) is 29.0. The molecule has 1 amide bonds. The number of nitrogens with two attached hydrogens (primary N) is 1. The molecule has 0 aromatic carbocycles. The van der Waals surface area contributed by atoms with Gasteiger partial charge in [-0.25, -0.2) is 4.98 Å². The highest BCUT2D eigenvalue weighted by Crippen LogP contribution is 2.17. The molecule has 24 heavy (non-hydrogen) atoms. The second-order valence-electron chi connectivity index (χ2n) is 5.81. The van der Waals surface area contributed by atoms with Crippen molar-refractivity contribution in [3.05, 3.63) is 33.7 Å². The maximum Gasteiger partial charge on any atom is 0.258 e. The fourth-order valence-electron chi connectivity index (χ4n) is 2.74. The van der Waals surface area contributed by atoms with E-state index in [4.69, 9.17) is 5.73 Å². The van der Waals surface area contributed by atoms with Crippen LogP contribution in [0.3, 0.4) is 0 Å². The Morgan fingerprint density at radius 3 is 2.92 bits per heavy atom. The van der Waals surface area contributed by atoms with E-state index in [1.165, 1.54) is 33.6 Å². The highest BCUT2D eigenvalue weighted by Gasteiger charge is 2.19. The van der Waals surface area contributed by atoms with E-state index in [1.807, 2.05) is 5.38 Å². The van der Waals surface area contributed by atoms with Gasteiger partial charge in [0.15, 0.2) is 4.96 Å². The highest BCUT2D eigenvalue weighted by molar-refractivity contribution is 7.99. The van der Waals surface area contributed by atoms with Crippen LogP contribution in [0.4, 0.5) is 0 Å². The maximum atomic E-state index is 12.0. The van der Waals surface area contributed by atoms with Crippen molar-refractivity contribution >= 4 is 46.4 Å². The summed E-state index contributed by atoms with van der Waals surface area (Å²) in [6.07, 6.45) is 5.60. The Kier molecular flexibility index (Phi) is 7.09. The summed E-state index contributed by atoms with van der Waals surface area (Å²) in [5.74, 6) is 0.991. The number of carbonyl (C=O) groups is 1. The number of rotatable bonds is 5. The van der Waals surface area contributed by atoms with Crippen molar-refractivity contribution in [2.24, 2.45) is 5.73 Å². The third-order valence-corrected chi connectivity index (χ3v) is 5.70. The molecule has 0 unspecified atom stereocenters. The molecule has 132 valence electrons. The SMILES string of the molecule is Cl.NC1CCC(NC(=O)CSCc2cc(=O)n3ccsc3n2)CC1. The number of thiazole rings is 1. The molecule has 0 saturated heterocycles. The van der Waals surface area contributed by atoms with Crippen molar-refractivity contribution < 1.29 is 4.79 Å². The first-order chi connectivity index (χ1) is 11.1. The summed E-state index contributed by atoms with van der Waals surface area (Å²) in [5, 5.41) is 4.90. The third-order valence-electron chi connectivity index (χ3n) is 3.98. The van der Waals surface area contributed by atoms with Gasteiger partial charge in [0.2, 0.25) is 5.91 Å². The molecule has 0 bridgehead atoms. The van der Waals surface area contributed by atoms with Crippen molar-refractivity contribution in [2.45, 2.75) is 43.5 Å². The second-order valence-corrected chi connectivity index (χ2v) is 7.67. The van der Waals surface area contributed by atoms with Crippen LogP contribution in [0, 0.1) is 0 Å². The molecule has 2 aromatic rings. The standard InChI is InChI=1S/C15H20N4O2S2.ClH/c16-10-1-3-11(4-2-10)17-13(20)9-22-8-12-7-14(21)19-5-6-23-15(19)18-12;/h5-7,10-11H,1-4,8-9,16H2,(H,17,20);1H. The molecule has 0 spiro atoms. The average Bonchev–Trinajstić information content (AvgIpc) is 2.99. The third kappa shape index (κ3) is 4.95. The zero-order valence-corrected chi connectivity index (χ0v) is 15.6. The predicted octanol–water partition coefficient (Wildman–Crippen LogP) is 1.80. The summed E-state index contributed by atoms with van der Waals surface area (Å²) in [5.41, 5.74) is 6.51. The molecule has 2 heterocycles. The van der Waals surface area contributed by atoms with Gasteiger partial charge in [0.25, 0.3) is 5.56 Å². The Morgan fingerprint density at radius 2 is 2.17 bits per heavy atom. The first kappa shape index (κ1) is 19.2. The van der Waals surface area contributed by atoms with Crippen LogP contribution in [0.15, 0.2) is 22.4 Å². The summed E-state index contributed by atoms with van der Waals surface area (Å²) in [6, 6.07) is 2.08. The summed E-state index contributed by atoms with van der Waals surface area (Å²) in [7, 11) is 0. The number of halogens is 1. The van der Waals surface area contributed by atoms with E-state index in [9.17, 15) is 9.59 Å². The first-order valence-corrected chi connectivity index (χ1v) is 9.74. The molecule has 0 atom stereocenters. The lowest BCUT2D eigenvalue weighted by molar-refractivity contribution is -0.119. The number of hydrogen-bond acceptors (Lipinski definition) is 6. The maximum absolute atomic E-state index is 12.0. The Hall–Kier alpha value is -1.09. The largest absolute Gasteiger partial charge is 0.353 e. The number of aromatic nitrogens is 2. The molecule has 3 rings (SSSR count). The molecule has 6 nitrogen and oxygen atoms in total. The molecule has 3 N–H and O–H groups in total. The Morgan fingerprint density at radius 1 is 1.42 bits per heavy atom. The predicted molar refractivity (Wildman–Crippen MR) is 101 cm³/mol. The number of amides is 1. The number of carbonyl (C=O) groups excluding carboxylic acids is 1. The van der Waals surface area contributed by atoms with Crippen molar-refractivity contribution in [1.29, 1.82) is 0 Å². The zero-order chi connectivity index (χ0) is 16.2. The number of nitrogens with one attached hydrogen (secondary N) is 1. The minimum Gasteiger partial charge on any atom is -0.353 e. The monoisotopic (exact) mass is 388 g/mol. The normalized spacial score (nSPS) is 20.5. The van der Waals surface area contributed by atoms with Gasteiger partial charge in [-0.2, -0.15) is 0 Å². The number of hydrogen-bond donors (Lipinski definition) is 2. The minimum absolute atomic E-state index is 0. The topological polar surface area (TPSA) is 89.5 Å². The first-order valence-electron chi connectivity index (χ1n) is 7.70. The molecule has 9 heteroatoms. The van der Waals surface area contributed by atoms with Crippen molar-refractivity contribution in [1.82, 2.24) is 14.7 Å². The quantitative estimate of drug-likeness (QED) is 0.815. The lowest BCUT2D eigenvalue weighted by Gasteiger charge is -2.26. The van der Waals surface area contributed by atoms with Gasteiger partial charge in [-0.15, -0.1) is 35.5 Å². The number of nitrogens with zero attached hydrogens (tertiary/aromatic N) is 2. The van der Waals surface area contributed by atoms with Crippen LogP contribution < -0.4 is 16.6 Å². The van der Waals surface area contributed by atoms with Crippen molar-refractivity contribution in [2.75, 3.05) is 5.75 Å². The van der Waals surface area contributed by atoms with Crippen LogP contribution in [0.1, 0.15) is 31.4 Å². The zero-order valence-electron chi connectivity index (χ0n) is 13.1. The van der Waals surface area contributed by atoms with Gasteiger partial charge in [0.1, 0.15) is 0 Å². The summed E-state index contributed by atoms with van der Waals surface area (Å²) < 4.78 is 1.53. The van der Waals surface area contributed by atoms with Crippen molar-refractivity contribution in [3.63, 3.8) is 0 Å². The molecule has 0 radical (unpaired) electrons. The Balaban J connectivity index is 0.00000208. The lowest BCUT2D eigenvalue weighted by Crippen LogP contribution is -2.41. The van der Waals surface area contributed by atoms with Gasteiger partial charge in [-0.05, 0) is 25.7 Å². The molecular weight excluding hydrogens is 368 g/mol. The Labute approximate surface area is 154 Å². The van der Waals surface area contributed by atoms with Gasteiger partial charge in [-0.1, -0.05) is 0 Å². The van der Waals surface area contributed by atoms with E-state index in [-0.39, 0.29) is 36.0 Å². The highest BCUT2D eigenvalue weighted by atomic mass is 35.5. The van der Waals surface area contributed by atoms with Crippen molar-refractivity contribution in [3.8, 4) is 0 Å². The fraction of sp³-hybridized carbons (Fsp3) is 0.533.